The second-order valence-electron chi connectivity index (χ2n) is 5.42. The number of aliphatic hydroxyl groups is 1. The zero-order valence-corrected chi connectivity index (χ0v) is 12.4. The Kier molecular flexibility index (Phi) is 3.37. The van der Waals surface area contributed by atoms with Crippen molar-refractivity contribution in [3.8, 4) is 22.3 Å². The summed E-state index contributed by atoms with van der Waals surface area (Å²) in [4.78, 5) is 8.35. The number of imidazole rings is 1. The molecule has 23 heavy (non-hydrogen) atoms. The Hall–Kier alpha value is -2.98. The molecule has 4 heteroatoms. The molecule has 0 bridgehead atoms. The van der Waals surface area contributed by atoms with Gasteiger partial charge >= 0.3 is 0 Å². The first-order chi connectivity index (χ1) is 11.3. The monoisotopic (exact) mass is 301 g/mol. The average Bonchev–Trinajstić information content (AvgIpc) is 3.10. The van der Waals surface area contributed by atoms with Crippen molar-refractivity contribution in [2.75, 3.05) is 0 Å². The van der Waals surface area contributed by atoms with Crippen LogP contribution in [0.2, 0.25) is 0 Å². The van der Waals surface area contributed by atoms with E-state index in [0.717, 1.165) is 33.3 Å². The van der Waals surface area contributed by atoms with Crippen molar-refractivity contribution >= 4 is 5.52 Å². The van der Waals surface area contributed by atoms with E-state index in [1.807, 2.05) is 47.0 Å². The minimum atomic E-state index is 0.0401. The Morgan fingerprint density at radius 1 is 0.913 bits per heavy atom. The highest BCUT2D eigenvalue weighted by Crippen LogP contribution is 2.30. The first-order valence-electron chi connectivity index (χ1n) is 7.41. The van der Waals surface area contributed by atoms with Crippen molar-refractivity contribution in [1.29, 1.82) is 0 Å². The van der Waals surface area contributed by atoms with E-state index in [9.17, 15) is 5.11 Å². The highest BCUT2D eigenvalue weighted by Gasteiger charge is 2.09. The number of benzene rings is 1. The maximum absolute atomic E-state index is 9.36. The standard InChI is InChI=1S/C19H15N3O/c23-12-14-2-1-3-16(8-14)17-9-18(15-4-6-20-7-5-15)19-10-21-13-22(19)11-17/h1-11,13,23H,12H2. The summed E-state index contributed by atoms with van der Waals surface area (Å²) in [6, 6.07) is 14.1. The Labute approximate surface area is 133 Å². The minimum Gasteiger partial charge on any atom is -0.392 e. The van der Waals surface area contributed by atoms with Crippen LogP contribution in [-0.4, -0.2) is 19.5 Å². The van der Waals surface area contributed by atoms with E-state index in [-0.39, 0.29) is 6.61 Å². The van der Waals surface area contributed by atoms with Crippen LogP contribution in [0.25, 0.3) is 27.8 Å². The van der Waals surface area contributed by atoms with Crippen LogP contribution >= 0.6 is 0 Å². The molecule has 0 radical (unpaired) electrons. The van der Waals surface area contributed by atoms with E-state index in [1.54, 1.807) is 18.7 Å². The number of hydrogen-bond donors (Lipinski definition) is 1. The SMILES string of the molecule is OCc1cccc(-c2cc(-c3ccncc3)c3cncn3c2)c1. The molecular formula is C19H15N3O. The summed E-state index contributed by atoms with van der Waals surface area (Å²) in [6.45, 7) is 0.0401. The topological polar surface area (TPSA) is 50.4 Å². The quantitative estimate of drug-likeness (QED) is 0.629. The lowest BCUT2D eigenvalue weighted by molar-refractivity contribution is 0.282. The third kappa shape index (κ3) is 2.49. The molecule has 0 unspecified atom stereocenters. The lowest BCUT2D eigenvalue weighted by Gasteiger charge is -2.10. The lowest BCUT2D eigenvalue weighted by atomic mass is 10.00. The predicted molar refractivity (Wildman–Crippen MR) is 89.8 cm³/mol. The van der Waals surface area contributed by atoms with Crippen molar-refractivity contribution in [2.45, 2.75) is 6.61 Å². The third-order valence-corrected chi connectivity index (χ3v) is 3.95. The minimum absolute atomic E-state index is 0.0401. The molecule has 3 heterocycles. The molecule has 112 valence electrons. The summed E-state index contributed by atoms with van der Waals surface area (Å²) in [5, 5.41) is 9.36. The molecule has 4 nitrogen and oxygen atoms in total. The van der Waals surface area contributed by atoms with Gasteiger partial charge in [-0.25, -0.2) is 4.98 Å². The first kappa shape index (κ1) is 13.7. The van der Waals surface area contributed by atoms with Crippen LogP contribution in [0.1, 0.15) is 5.56 Å². The highest BCUT2D eigenvalue weighted by molar-refractivity contribution is 5.84. The molecule has 0 spiro atoms. The number of aromatic nitrogens is 3. The van der Waals surface area contributed by atoms with Crippen molar-refractivity contribution in [2.24, 2.45) is 0 Å². The van der Waals surface area contributed by atoms with E-state index < -0.39 is 0 Å². The second-order valence-corrected chi connectivity index (χ2v) is 5.42. The molecule has 4 aromatic rings. The number of fused-ring (bicyclic) bond motifs is 1. The van der Waals surface area contributed by atoms with Crippen molar-refractivity contribution in [1.82, 2.24) is 14.4 Å². The molecule has 0 aliphatic carbocycles. The van der Waals surface area contributed by atoms with Gasteiger partial charge in [0.05, 0.1) is 24.6 Å². The van der Waals surface area contributed by atoms with Gasteiger partial charge < -0.3 is 9.51 Å². The van der Waals surface area contributed by atoms with Gasteiger partial charge in [-0.15, -0.1) is 0 Å². The molecule has 4 rings (SSSR count). The predicted octanol–water partition coefficient (Wildman–Crippen LogP) is 3.56. The number of hydrogen-bond acceptors (Lipinski definition) is 3. The van der Waals surface area contributed by atoms with E-state index in [2.05, 4.69) is 22.2 Å². The highest BCUT2D eigenvalue weighted by atomic mass is 16.3. The molecule has 0 aliphatic rings. The maximum Gasteiger partial charge on any atom is 0.0992 e. The summed E-state index contributed by atoms with van der Waals surface area (Å²) < 4.78 is 2.02. The molecule has 0 fully saturated rings. The fourth-order valence-electron chi connectivity index (χ4n) is 2.80. The first-order valence-corrected chi connectivity index (χ1v) is 7.41. The molecule has 1 N–H and O–H groups in total. The zero-order valence-electron chi connectivity index (χ0n) is 12.4. The summed E-state index contributed by atoms with van der Waals surface area (Å²) >= 11 is 0. The Balaban J connectivity index is 1.95. The smallest absolute Gasteiger partial charge is 0.0992 e. The summed E-state index contributed by atoms with van der Waals surface area (Å²) in [5.41, 5.74) is 6.32. The van der Waals surface area contributed by atoms with Crippen LogP contribution in [0.15, 0.2) is 73.6 Å². The van der Waals surface area contributed by atoms with Crippen LogP contribution in [0.4, 0.5) is 0 Å². The van der Waals surface area contributed by atoms with E-state index >= 15 is 0 Å². The third-order valence-electron chi connectivity index (χ3n) is 3.95. The molecule has 0 aliphatic heterocycles. The zero-order chi connectivity index (χ0) is 15.6. The van der Waals surface area contributed by atoms with Gasteiger partial charge in [-0.2, -0.15) is 0 Å². The van der Waals surface area contributed by atoms with Gasteiger partial charge in [-0.1, -0.05) is 18.2 Å². The van der Waals surface area contributed by atoms with E-state index in [1.165, 1.54) is 0 Å². The van der Waals surface area contributed by atoms with E-state index in [4.69, 9.17) is 0 Å². The normalized spacial score (nSPS) is 11.0. The van der Waals surface area contributed by atoms with Crippen LogP contribution < -0.4 is 0 Å². The fourth-order valence-corrected chi connectivity index (χ4v) is 2.80. The number of nitrogens with zero attached hydrogens (tertiary/aromatic N) is 3. The molecular weight excluding hydrogens is 286 g/mol. The van der Waals surface area contributed by atoms with Crippen LogP contribution in [0.3, 0.4) is 0 Å². The second kappa shape index (κ2) is 5.66. The number of rotatable bonds is 3. The summed E-state index contributed by atoms with van der Waals surface area (Å²) in [7, 11) is 0. The van der Waals surface area contributed by atoms with Crippen LogP contribution in [0.5, 0.6) is 0 Å². The lowest BCUT2D eigenvalue weighted by Crippen LogP contribution is -1.91. The van der Waals surface area contributed by atoms with Gasteiger partial charge in [0.25, 0.3) is 0 Å². The van der Waals surface area contributed by atoms with Crippen molar-refractivity contribution in [3.63, 3.8) is 0 Å². The maximum atomic E-state index is 9.36. The van der Waals surface area contributed by atoms with Gasteiger partial charge in [0.15, 0.2) is 0 Å². The average molecular weight is 301 g/mol. The van der Waals surface area contributed by atoms with Crippen LogP contribution in [0, 0.1) is 0 Å². The van der Waals surface area contributed by atoms with Gasteiger partial charge in [0.1, 0.15) is 0 Å². The Morgan fingerprint density at radius 3 is 2.61 bits per heavy atom. The van der Waals surface area contributed by atoms with E-state index in [0.29, 0.717) is 0 Å². The summed E-state index contributed by atoms with van der Waals surface area (Å²) in [6.07, 6.45) is 9.31. The van der Waals surface area contributed by atoms with Gasteiger partial charge in [-0.3, -0.25) is 4.98 Å². The molecule has 0 saturated heterocycles. The van der Waals surface area contributed by atoms with Gasteiger partial charge in [0.2, 0.25) is 0 Å². The Morgan fingerprint density at radius 2 is 1.78 bits per heavy atom. The van der Waals surface area contributed by atoms with Gasteiger partial charge in [0, 0.05) is 24.2 Å². The Bertz CT molecular complexity index is 961. The number of aliphatic hydroxyl groups excluding tert-OH is 1. The van der Waals surface area contributed by atoms with Crippen molar-refractivity contribution in [3.05, 3.63) is 79.1 Å². The molecule has 0 saturated carbocycles. The summed E-state index contributed by atoms with van der Waals surface area (Å²) in [5.74, 6) is 0. The van der Waals surface area contributed by atoms with Gasteiger partial charge in [-0.05, 0) is 46.5 Å². The van der Waals surface area contributed by atoms with Crippen molar-refractivity contribution < 1.29 is 5.11 Å². The molecule has 1 aromatic carbocycles. The fraction of sp³-hybridized carbons (Fsp3) is 0.0526. The number of pyridine rings is 2. The largest absolute Gasteiger partial charge is 0.392 e. The molecule has 0 amide bonds. The molecule has 3 aromatic heterocycles. The van der Waals surface area contributed by atoms with Crippen LogP contribution in [-0.2, 0) is 6.61 Å². The molecule has 0 atom stereocenters.